The number of hydrogen-bond acceptors (Lipinski definition) is 2. The van der Waals surface area contributed by atoms with E-state index in [0.717, 1.165) is 12.8 Å². The van der Waals surface area contributed by atoms with Crippen molar-refractivity contribution >= 4 is 46.4 Å². The van der Waals surface area contributed by atoms with Crippen molar-refractivity contribution < 1.29 is 4.79 Å². The highest BCUT2D eigenvalue weighted by Crippen LogP contribution is 2.19. The topological polar surface area (TPSA) is 41.1 Å². The normalized spacial score (nSPS) is 15.7. The average Bonchev–Trinajstić information content (AvgIpc) is 2.38. The van der Waals surface area contributed by atoms with Crippen LogP contribution < -0.4 is 10.6 Å². The van der Waals surface area contributed by atoms with Crippen LogP contribution in [0.4, 0.5) is 0 Å². The number of benzene rings is 1. The number of carbonyl (C=O) groups is 1. The average molecular weight is 331 g/mol. The molecule has 0 atom stereocenters. The van der Waals surface area contributed by atoms with Crippen LogP contribution in [-0.2, 0) is 0 Å². The molecule has 0 heterocycles. The molecular formula is C14H16Cl2N2OS. The van der Waals surface area contributed by atoms with Crippen molar-refractivity contribution in [2.45, 2.75) is 38.1 Å². The minimum absolute atomic E-state index is 0.303. The third-order valence-corrected chi connectivity index (χ3v) is 3.95. The Kier molecular flexibility index (Phi) is 5.64. The van der Waals surface area contributed by atoms with Gasteiger partial charge in [0.1, 0.15) is 0 Å². The molecule has 6 heteroatoms. The summed E-state index contributed by atoms with van der Waals surface area (Å²) in [5.41, 5.74) is 0.398. The molecular weight excluding hydrogens is 315 g/mol. The van der Waals surface area contributed by atoms with Crippen LogP contribution in [0.25, 0.3) is 0 Å². The van der Waals surface area contributed by atoms with Crippen LogP contribution in [0, 0.1) is 0 Å². The summed E-state index contributed by atoms with van der Waals surface area (Å²) in [6.45, 7) is 0. The summed E-state index contributed by atoms with van der Waals surface area (Å²) in [5.74, 6) is -0.303. The molecule has 1 saturated carbocycles. The van der Waals surface area contributed by atoms with Crippen LogP contribution in [0.1, 0.15) is 42.5 Å². The quantitative estimate of drug-likeness (QED) is 0.807. The van der Waals surface area contributed by atoms with Gasteiger partial charge in [-0.2, -0.15) is 0 Å². The first-order chi connectivity index (χ1) is 9.54. The summed E-state index contributed by atoms with van der Waals surface area (Å²) in [5, 5.41) is 7.05. The van der Waals surface area contributed by atoms with Gasteiger partial charge in [-0.05, 0) is 43.3 Å². The van der Waals surface area contributed by atoms with Crippen molar-refractivity contribution in [3.05, 3.63) is 33.8 Å². The van der Waals surface area contributed by atoms with Gasteiger partial charge in [-0.1, -0.05) is 42.5 Å². The molecule has 1 amide bonds. The van der Waals surface area contributed by atoms with Crippen molar-refractivity contribution in [2.24, 2.45) is 0 Å². The lowest BCUT2D eigenvalue weighted by molar-refractivity contribution is 0.0976. The molecule has 1 aliphatic rings. The van der Waals surface area contributed by atoms with Crippen molar-refractivity contribution in [2.75, 3.05) is 0 Å². The molecule has 2 rings (SSSR count). The molecule has 1 aromatic carbocycles. The van der Waals surface area contributed by atoms with Gasteiger partial charge in [-0.3, -0.25) is 10.1 Å². The summed E-state index contributed by atoms with van der Waals surface area (Å²) in [6.07, 6.45) is 5.88. The van der Waals surface area contributed by atoms with Crippen molar-refractivity contribution in [1.82, 2.24) is 10.6 Å². The molecule has 0 spiro atoms. The fourth-order valence-electron chi connectivity index (χ4n) is 2.33. The number of rotatable bonds is 2. The summed E-state index contributed by atoms with van der Waals surface area (Å²) in [7, 11) is 0. The number of halogens is 2. The molecule has 0 bridgehead atoms. The van der Waals surface area contributed by atoms with Gasteiger partial charge in [-0.15, -0.1) is 0 Å². The lowest BCUT2D eigenvalue weighted by Crippen LogP contribution is -2.45. The Balaban J connectivity index is 1.91. The SMILES string of the molecule is O=C(NC(=S)NC1CCCCC1)c1cc(Cl)cc(Cl)c1. The minimum atomic E-state index is -0.303. The van der Waals surface area contributed by atoms with Gasteiger partial charge in [0.05, 0.1) is 0 Å². The van der Waals surface area contributed by atoms with Gasteiger partial charge in [0.25, 0.3) is 5.91 Å². The molecule has 1 fully saturated rings. The van der Waals surface area contributed by atoms with E-state index in [0.29, 0.717) is 26.8 Å². The van der Waals surface area contributed by atoms with E-state index in [2.05, 4.69) is 10.6 Å². The summed E-state index contributed by atoms with van der Waals surface area (Å²) >= 11 is 16.9. The molecule has 3 nitrogen and oxygen atoms in total. The monoisotopic (exact) mass is 330 g/mol. The Morgan fingerprint density at radius 1 is 1.10 bits per heavy atom. The van der Waals surface area contributed by atoms with Crippen LogP contribution in [0.5, 0.6) is 0 Å². The lowest BCUT2D eigenvalue weighted by Gasteiger charge is -2.24. The molecule has 0 unspecified atom stereocenters. The Morgan fingerprint density at radius 2 is 1.70 bits per heavy atom. The first-order valence-electron chi connectivity index (χ1n) is 6.62. The predicted octanol–water partition coefficient (Wildman–Crippen LogP) is 3.93. The number of hydrogen-bond donors (Lipinski definition) is 2. The summed E-state index contributed by atoms with van der Waals surface area (Å²) < 4.78 is 0. The Morgan fingerprint density at radius 3 is 2.30 bits per heavy atom. The van der Waals surface area contributed by atoms with E-state index in [1.807, 2.05) is 0 Å². The van der Waals surface area contributed by atoms with E-state index in [1.54, 1.807) is 18.2 Å². The maximum Gasteiger partial charge on any atom is 0.257 e. The molecule has 2 N–H and O–H groups in total. The minimum Gasteiger partial charge on any atom is -0.360 e. The summed E-state index contributed by atoms with van der Waals surface area (Å²) in [4.78, 5) is 12.0. The molecule has 0 aliphatic heterocycles. The second-order valence-corrected chi connectivity index (χ2v) is 6.20. The zero-order valence-corrected chi connectivity index (χ0v) is 13.2. The highest BCUT2D eigenvalue weighted by molar-refractivity contribution is 7.80. The van der Waals surface area contributed by atoms with E-state index in [1.165, 1.54) is 19.3 Å². The maximum atomic E-state index is 12.0. The maximum absolute atomic E-state index is 12.0. The Labute approximate surface area is 134 Å². The number of carbonyl (C=O) groups excluding carboxylic acids is 1. The number of amides is 1. The van der Waals surface area contributed by atoms with Crippen LogP contribution in [0.2, 0.25) is 10.0 Å². The fraction of sp³-hybridized carbons (Fsp3) is 0.429. The zero-order valence-electron chi connectivity index (χ0n) is 10.9. The van der Waals surface area contributed by atoms with Crippen LogP contribution in [0.15, 0.2) is 18.2 Å². The van der Waals surface area contributed by atoms with Crippen molar-refractivity contribution in [1.29, 1.82) is 0 Å². The third-order valence-electron chi connectivity index (χ3n) is 3.29. The standard InChI is InChI=1S/C14H16Cl2N2OS/c15-10-6-9(7-11(16)8-10)13(19)18-14(20)17-12-4-2-1-3-5-12/h6-8,12H,1-5H2,(H2,17,18,19,20). The fourth-order valence-corrected chi connectivity index (χ4v) is 3.11. The van der Waals surface area contributed by atoms with Crippen LogP contribution >= 0.6 is 35.4 Å². The molecule has 1 aliphatic carbocycles. The van der Waals surface area contributed by atoms with Gasteiger partial charge >= 0.3 is 0 Å². The van der Waals surface area contributed by atoms with E-state index >= 15 is 0 Å². The third kappa shape index (κ3) is 4.62. The smallest absolute Gasteiger partial charge is 0.257 e. The highest BCUT2D eigenvalue weighted by Gasteiger charge is 2.16. The van der Waals surface area contributed by atoms with Crippen molar-refractivity contribution in [3.8, 4) is 0 Å². The van der Waals surface area contributed by atoms with Gasteiger partial charge in [0, 0.05) is 21.7 Å². The van der Waals surface area contributed by atoms with Crippen LogP contribution in [-0.4, -0.2) is 17.1 Å². The van der Waals surface area contributed by atoms with E-state index in [4.69, 9.17) is 35.4 Å². The van der Waals surface area contributed by atoms with Gasteiger partial charge in [-0.25, -0.2) is 0 Å². The number of nitrogens with one attached hydrogen (secondary N) is 2. The molecule has 1 aromatic rings. The molecule has 0 saturated heterocycles. The zero-order chi connectivity index (χ0) is 14.5. The Hall–Kier alpha value is -0.840. The van der Waals surface area contributed by atoms with Gasteiger partial charge < -0.3 is 5.32 Å². The Bertz CT molecular complexity index is 496. The van der Waals surface area contributed by atoms with E-state index < -0.39 is 0 Å². The largest absolute Gasteiger partial charge is 0.360 e. The van der Waals surface area contributed by atoms with Gasteiger partial charge in [0.2, 0.25) is 0 Å². The molecule has 20 heavy (non-hydrogen) atoms. The molecule has 0 aromatic heterocycles. The highest BCUT2D eigenvalue weighted by atomic mass is 35.5. The first-order valence-corrected chi connectivity index (χ1v) is 7.79. The number of thiocarbonyl (C=S) groups is 1. The molecule has 108 valence electrons. The van der Waals surface area contributed by atoms with Crippen molar-refractivity contribution in [3.63, 3.8) is 0 Å². The van der Waals surface area contributed by atoms with E-state index in [9.17, 15) is 4.79 Å². The second kappa shape index (κ2) is 7.25. The van der Waals surface area contributed by atoms with E-state index in [-0.39, 0.29) is 5.91 Å². The summed E-state index contributed by atoms with van der Waals surface area (Å²) in [6, 6.07) is 5.07. The van der Waals surface area contributed by atoms with Crippen LogP contribution in [0.3, 0.4) is 0 Å². The second-order valence-electron chi connectivity index (χ2n) is 4.92. The molecule has 0 radical (unpaired) electrons. The predicted molar refractivity (Wildman–Crippen MR) is 86.5 cm³/mol. The first kappa shape index (κ1) is 15.5. The lowest BCUT2D eigenvalue weighted by atomic mass is 9.96. The van der Waals surface area contributed by atoms with Gasteiger partial charge in [0.15, 0.2) is 5.11 Å².